The standard InChI is InChI=1S/C16H14ClFINO/c1-10(12-5-3-4-6-14(12)18)20(2)16(21)13-9-11(17)7-8-15(13)19/h3-10H,1-2H3. The lowest BCUT2D eigenvalue weighted by Gasteiger charge is -2.26. The molecule has 0 aliphatic carbocycles. The third kappa shape index (κ3) is 3.55. The smallest absolute Gasteiger partial charge is 0.255 e. The lowest BCUT2D eigenvalue weighted by molar-refractivity contribution is 0.0739. The van der Waals surface area contributed by atoms with Gasteiger partial charge in [-0.2, -0.15) is 0 Å². The van der Waals surface area contributed by atoms with Crippen LogP contribution in [-0.2, 0) is 0 Å². The number of rotatable bonds is 3. The predicted molar refractivity (Wildman–Crippen MR) is 91.1 cm³/mol. The molecule has 5 heteroatoms. The van der Waals surface area contributed by atoms with E-state index in [1.54, 1.807) is 50.4 Å². The lowest BCUT2D eigenvalue weighted by Crippen LogP contribution is -2.30. The van der Waals surface area contributed by atoms with Crippen LogP contribution in [0, 0.1) is 9.39 Å². The SMILES string of the molecule is CC(c1ccccc1F)N(C)C(=O)c1cc(Cl)ccc1I. The van der Waals surface area contributed by atoms with Crippen LogP contribution in [-0.4, -0.2) is 17.9 Å². The minimum atomic E-state index is -0.367. The Morgan fingerprint density at radius 1 is 1.29 bits per heavy atom. The average molecular weight is 418 g/mol. The summed E-state index contributed by atoms with van der Waals surface area (Å²) in [4.78, 5) is 14.1. The first-order valence-electron chi connectivity index (χ1n) is 6.38. The van der Waals surface area contributed by atoms with Crippen LogP contribution in [0.5, 0.6) is 0 Å². The quantitative estimate of drug-likeness (QED) is 0.649. The van der Waals surface area contributed by atoms with Crippen LogP contribution in [0.4, 0.5) is 4.39 Å². The molecule has 0 aliphatic heterocycles. The van der Waals surface area contributed by atoms with Crippen molar-refractivity contribution < 1.29 is 9.18 Å². The maximum absolute atomic E-state index is 13.8. The number of benzene rings is 2. The topological polar surface area (TPSA) is 20.3 Å². The number of hydrogen-bond donors (Lipinski definition) is 0. The van der Waals surface area contributed by atoms with E-state index < -0.39 is 0 Å². The van der Waals surface area contributed by atoms with Gasteiger partial charge in [0.1, 0.15) is 5.82 Å². The number of halogens is 3. The van der Waals surface area contributed by atoms with Gasteiger partial charge in [0.15, 0.2) is 0 Å². The Balaban J connectivity index is 2.31. The maximum atomic E-state index is 13.8. The Hall–Kier alpha value is -1.14. The minimum absolute atomic E-state index is 0.183. The van der Waals surface area contributed by atoms with Crippen LogP contribution in [0.15, 0.2) is 42.5 Å². The van der Waals surface area contributed by atoms with Gasteiger partial charge < -0.3 is 4.90 Å². The van der Waals surface area contributed by atoms with Crippen LogP contribution in [0.2, 0.25) is 5.02 Å². The summed E-state index contributed by atoms with van der Waals surface area (Å²) in [6.07, 6.45) is 0. The summed E-state index contributed by atoms with van der Waals surface area (Å²) in [5.41, 5.74) is 1.01. The molecule has 2 nitrogen and oxygen atoms in total. The molecule has 21 heavy (non-hydrogen) atoms. The molecule has 0 saturated heterocycles. The summed E-state index contributed by atoms with van der Waals surface area (Å²) in [7, 11) is 1.66. The van der Waals surface area contributed by atoms with Gasteiger partial charge in [-0.25, -0.2) is 4.39 Å². The van der Waals surface area contributed by atoms with Gasteiger partial charge in [-0.1, -0.05) is 29.8 Å². The van der Waals surface area contributed by atoms with Crippen molar-refractivity contribution in [1.82, 2.24) is 4.90 Å². The van der Waals surface area contributed by atoms with Crippen molar-refractivity contribution in [2.24, 2.45) is 0 Å². The molecule has 1 amide bonds. The molecule has 1 atom stereocenters. The van der Waals surface area contributed by atoms with E-state index in [9.17, 15) is 9.18 Å². The minimum Gasteiger partial charge on any atom is -0.335 e. The Bertz CT molecular complexity index is 677. The second kappa shape index (κ2) is 6.75. The average Bonchev–Trinajstić information content (AvgIpc) is 2.48. The van der Waals surface area contributed by atoms with E-state index in [2.05, 4.69) is 22.6 Å². The zero-order chi connectivity index (χ0) is 15.6. The van der Waals surface area contributed by atoms with Crippen molar-refractivity contribution in [3.8, 4) is 0 Å². The van der Waals surface area contributed by atoms with Crippen molar-refractivity contribution in [2.75, 3.05) is 7.05 Å². The molecule has 0 bridgehead atoms. The largest absolute Gasteiger partial charge is 0.335 e. The molecule has 110 valence electrons. The molecule has 0 saturated carbocycles. The molecule has 0 fully saturated rings. The molecular weight excluding hydrogens is 404 g/mol. The molecule has 0 aromatic heterocycles. The van der Waals surface area contributed by atoms with Crippen molar-refractivity contribution in [1.29, 1.82) is 0 Å². The normalized spacial score (nSPS) is 12.0. The molecule has 0 heterocycles. The van der Waals surface area contributed by atoms with E-state index in [0.717, 1.165) is 3.57 Å². The first-order chi connectivity index (χ1) is 9.91. The third-order valence-electron chi connectivity index (χ3n) is 3.42. The number of hydrogen-bond acceptors (Lipinski definition) is 1. The van der Waals surface area contributed by atoms with Gasteiger partial charge >= 0.3 is 0 Å². The monoisotopic (exact) mass is 417 g/mol. The summed E-state index contributed by atoms with van der Waals surface area (Å²) in [6, 6.07) is 11.3. The maximum Gasteiger partial charge on any atom is 0.255 e. The van der Waals surface area contributed by atoms with Gasteiger partial charge in [0.25, 0.3) is 5.91 Å². The van der Waals surface area contributed by atoms with Crippen LogP contribution >= 0.6 is 34.2 Å². The van der Waals surface area contributed by atoms with E-state index >= 15 is 0 Å². The Morgan fingerprint density at radius 3 is 2.62 bits per heavy atom. The fourth-order valence-electron chi connectivity index (χ4n) is 2.05. The van der Waals surface area contributed by atoms with Crippen LogP contribution in [0.1, 0.15) is 28.9 Å². The van der Waals surface area contributed by atoms with Crippen LogP contribution in [0.25, 0.3) is 0 Å². The molecular formula is C16H14ClFINO. The molecule has 2 rings (SSSR count). The molecule has 0 aliphatic rings. The number of nitrogens with zero attached hydrogens (tertiary/aromatic N) is 1. The molecule has 2 aromatic carbocycles. The van der Waals surface area contributed by atoms with Crippen LogP contribution < -0.4 is 0 Å². The highest BCUT2D eigenvalue weighted by molar-refractivity contribution is 14.1. The summed E-state index contributed by atoms with van der Waals surface area (Å²) in [5, 5.41) is 0.505. The van der Waals surface area contributed by atoms with E-state index in [4.69, 9.17) is 11.6 Å². The predicted octanol–water partition coefficient (Wildman–Crippen LogP) is 4.92. The van der Waals surface area contributed by atoms with Crippen molar-refractivity contribution in [2.45, 2.75) is 13.0 Å². The van der Waals surface area contributed by atoms with Gasteiger partial charge in [0.05, 0.1) is 11.6 Å². The highest BCUT2D eigenvalue weighted by atomic mass is 127. The van der Waals surface area contributed by atoms with Crippen LogP contribution in [0.3, 0.4) is 0 Å². The van der Waals surface area contributed by atoms with Crippen molar-refractivity contribution in [3.05, 3.63) is 68.0 Å². The number of carbonyl (C=O) groups excluding carboxylic acids is 1. The van der Waals surface area contributed by atoms with E-state index in [1.807, 2.05) is 0 Å². The van der Waals surface area contributed by atoms with Gasteiger partial charge in [-0.05, 0) is 53.8 Å². The fraction of sp³-hybridized carbons (Fsp3) is 0.188. The third-order valence-corrected chi connectivity index (χ3v) is 4.59. The summed E-state index contributed by atoms with van der Waals surface area (Å²) in [6.45, 7) is 1.80. The molecule has 0 radical (unpaired) electrons. The Kier molecular flexibility index (Phi) is 5.22. The van der Waals surface area contributed by atoms with Gasteiger partial charge in [-0.15, -0.1) is 0 Å². The Morgan fingerprint density at radius 2 is 1.95 bits per heavy atom. The molecule has 1 unspecified atom stereocenters. The molecule has 0 N–H and O–H groups in total. The highest BCUT2D eigenvalue weighted by Gasteiger charge is 2.22. The zero-order valence-corrected chi connectivity index (χ0v) is 14.5. The highest BCUT2D eigenvalue weighted by Crippen LogP contribution is 2.25. The fourth-order valence-corrected chi connectivity index (χ4v) is 2.79. The van der Waals surface area contributed by atoms with Gasteiger partial charge in [0, 0.05) is 21.2 Å². The summed E-state index contributed by atoms with van der Waals surface area (Å²) in [5.74, 6) is -0.497. The summed E-state index contributed by atoms with van der Waals surface area (Å²) < 4.78 is 14.7. The van der Waals surface area contributed by atoms with E-state index in [-0.39, 0.29) is 17.8 Å². The van der Waals surface area contributed by atoms with Crippen molar-refractivity contribution in [3.63, 3.8) is 0 Å². The van der Waals surface area contributed by atoms with Crippen molar-refractivity contribution >= 4 is 40.1 Å². The Labute approximate surface area is 142 Å². The number of amides is 1. The van der Waals surface area contributed by atoms with E-state index in [0.29, 0.717) is 16.1 Å². The summed E-state index contributed by atoms with van der Waals surface area (Å²) >= 11 is 8.04. The molecule has 0 spiro atoms. The van der Waals surface area contributed by atoms with Gasteiger partial charge in [0.2, 0.25) is 0 Å². The lowest BCUT2D eigenvalue weighted by atomic mass is 10.1. The second-order valence-corrected chi connectivity index (χ2v) is 6.34. The first-order valence-corrected chi connectivity index (χ1v) is 7.84. The number of carbonyl (C=O) groups is 1. The molecule has 2 aromatic rings. The van der Waals surface area contributed by atoms with Gasteiger partial charge in [-0.3, -0.25) is 4.79 Å². The van der Waals surface area contributed by atoms with E-state index in [1.165, 1.54) is 11.0 Å². The first kappa shape index (κ1) is 16.2. The second-order valence-electron chi connectivity index (χ2n) is 4.74. The zero-order valence-electron chi connectivity index (χ0n) is 11.6.